The fourth-order valence-electron chi connectivity index (χ4n) is 1.96. The second-order valence-electron chi connectivity index (χ2n) is 3.99. The van der Waals surface area contributed by atoms with Crippen LogP contribution in [-0.4, -0.2) is 23.8 Å². The van der Waals surface area contributed by atoms with Gasteiger partial charge in [-0.2, -0.15) is 0 Å². The molecule has 1 aromatic rings. The third-order valence-corrected chi connectivity index (χ3v) is 2.94. The van der Waals surface area contributed by atoms with Gasteiger partial charge in [-0.1, -0.05) is 12.1 Å². The summed E-state index contributed by atoms with van der Waals surface area (Å²) in [4.78, 5) is 13.2. The van der Waals surface area contributed by atoms with Gasteiger partial charge >= 0.3 is 0 Å². The van der Waals surface area contributed by atoms with Crippen LogP contribution in [-0.2, 0) is 4.79 Å². The highest BCUT2D eigenvalue weighted by atomic mass is 19.1. The molecule has 80 valence electrons. The van der Waals surface area contributed by atoms with Gasteiger partial charge in [-0.3, -0.25) is 9.69 Å². The molecule has 1 aromatic carbocycles. The summed E-state index contributed by atoms with van der Waals surface area (Å²) in [5.41, 5.74) is 0.935. The van der Waals surface area contributed by atoms with Gasteiger partial charge in [-0.05, 0) is 24.6 Å². The molecule has 15 heavy (non-hydrogen) atoms. The number of benzene rings is 1. The molecule has 1 aliphatic heterocycles. The molecule has 1 unspecified atom stereocenters. The lowest BCUT2D eigenvalue weighted by Gasteiger charge is -2.23. The van der Waals surface area contributed by atoms with Gasteiger partial charge in [-0.25, -0.2) is 4.39 Å². The van der Waals surface area contributed by atoms with E-state index in [2.05, 4.69) is 4.90 Å². The van der Waals surface area contributed by atoms with Crippen LogP contribution >= 0.6 is 0 Å². The molecule has 1 fully saturated rings. The smallest absolute Gasteiger partial charge is 0.148 e. The first-order valence-corrected chi connectivity index (χ1v) is 5.18. The van der Waals surface area contributed by atoms with E-state index in [1.54, 1.807) is 6.07 Å². The molecule has 3 heteroatoms. The Kier molecular flexibility index (Phi) is 2.82. The number of nitrogens with zero attached hydrogens (tertiary/aromatic N) is 1. The highest BCUT2D eigenvalue weighted by Gasteiger charge is 2.24. The molecule has 0 radical (unpaired) electrons. The molecule has 0 spiro atoms. The summed E-state index contributed by atoms with van der Waals surface area (Å²) < 4.78 is 13.0. The molecule has 0 aromatic heterocycles. The number of ketones is 1. The van der Waals surface area contributed by atoms with Gasteiger partial charge < -0.3 is 0 Å². The predicted molar refractivity (Wildman–Crippen MR) is 56.0 cm³/mol. The van der Waals surface area contributed by atoms with Gasteiger partial charge in [0.05, 0.1) is 6.54 Å². The highest BCUT2D eigenvalue weighted by molar-refractivity contribution is 5.82. The molecular formula is C12H14FNO. The zero-order chi connectivity index (χ0) is 10.8. The summed E-state index contributed by atoms with van der Waals surface area (Å²) in [6, 6.07) is 6.70. The molecule has 0 aliphatic carbocycles. The number of hydrogen-bond acceptors (Lipinski definition) is 2. The molecule has 2 nitrogen and oxygen atoms in total. The van der Waals surface area contributed by atoms with Crippen LogP contribution in [0.4, 0.5) is 4.39 Å². The molecule has 2 rings (SSSR count). The van der Waals surface area contributed by atoms with Crippen LogP contribution in [0.2, 0.25) is 0 Å². The Morgan fingerprint density at radius 2 is 2.27 bits per heavy atom. The molecule has 1 heterocycles. The third-order valence-electron chi connectivity index (χ3n) is 2.94. The van der Waals surface area contributed by atoms with E-state index < -0.39 is 0 Å². The highest BCUT2D eigenvalue weighted by Crippen LogP contribution is 2.23. The number of halogens is 1. The van der Waals surface area contributed by atoms with Crippen molar-refractivity contribution in [1.82, 2.24) is 4.90 Å². The summed E-state index contributed by atoms with van der Waals surface area (Å²) in [6.45, 7) is 3.29. The van der Waals surface area contributed by atoms with E-state index in [9.17, 15) is 9.18 Å². The topological polar surface area (TPSA) is 20.3 Å². The Hall–Kier alpha value is -1.22. The molecular weight excluding hydrogens is 193 g/mol. The van der Waals surface area contributed by atoms with Gasteiger partial charge in [0, 0.05) is 19.0 Å². The Bertz CT molecular complexity index is 378. The van der Waals surface area contributed by atoms with E-state index in [0.29, 0.717) is 13.0 Å². The Labute approximate surface area is 88.7 Å². The lowest BCUT2D eigenvalue weighted by atomic mass is 10.1. The first-order chi connectivity index (χ1) is 7.16. The van der Waals surface area contributed by atoms with Crippen LogP contribution in [0.5, 0.6) is 0 Å². The van der Waals surface area contributed by atoms with Gasteiger partial charge in [0.1, 0.15) is 11.6 Å². The van der Waals surface area contributed by atoms with Crippen LogP contribution in [0.3, 0.4) is 0 Å². The van der Waals surface area contributed by atoms with Gasteiger partial charge in [-0.15, -0.1) is 0 Å². The average Bonchev–Trinajstić information content (AvgIpc) is 2.64. The number of hydrogen-bond donors (Lipinski definition) is 0. The number of rotatable bonds is 2. The number of carbonyl (C=O) groups excluding carboxylic acids is 1. The van der Waals surface area contributed by atoms with Gasteiger partial charge in [0.25, 0.3) is 0 Å². The van der Waals surface area contributed by atoms with Crippen molar-refractivity contribution >= 4 is 5.78 Å². The van der Waals surface area contributed by atoms with E-state index in [-0.39, 0.29) is 17.6 Å². The van der Waals surface area contributed by atoms with Crippen molar-refractivity contribution in [3.05, 3.63) is 35.6 Å². The summed E-state index contributed by atoms with van der Waals surface area (Å²) >= 11 is 0. The summed E-state index contributed by atoms with van der Waals surface area (Å²) in [6.07, 6.45) is 0.625. The Balaban J connectivity index is 2.13. The SMILES string of the molecule is CC(c1cccc(F)c1)N1CCC(=O)C1. The molecule has 1 saturated heterocycles. The molecule has 0 saturated carbocycles. The summed E-state index contributed by atoms with van der Waals surface area (Å²) in [5.74, 6) is 0.0585. The number of likely N-dealkylation sites (tertiary alicyclic amines) is 1. The van der Waals surface area contributed by atoms with Crippen molar-refractivity contribution in [2.75, 3.05) is 13.1 Å². The van der Waals surface area contributed by atoms with Crippen molar-refractivity contribution < 1.29 is 9.18 Å². The zero-order valence-corrected chi connectivity index (χ0v) is 8.74. The monoisotopic (exact) mass is 207 g/mol. The maximum atomic E-state index is 13.0. The number of carbonyl (C=O) groups is 1. The van der Waals surface area contributed by atoms with Crippen LogP contribution in [0, 0.1) is 5.82 Å². The van der Waals surface area contributed by atoms with E-state index in [4.69, 9.17) is 0 Å². The fraction of sp³-hybridized carbons (Fsp3) is 0.417. The van der Waals surface area contributed by atoms with Crippen molar-refractivity contribution in [1.29, 1.82) is 0 Å². The van der Waals surface area contributed by atoms with Gasteiger partial charge in [0.15, 0.2) is 0 Å². The molecule has 0 amide bonds. The minimum Gasteiger partial charge on any atom is -0.298 e. The second-order valence-corrected chi connectivity index (χ2v) is 3.99. The second kappa shape index (κ2) is 4.11. The zero-order valence-electron chi connectivity index (χ0n) is 8.74. The molecule has 0 N–H and O–H groups in total. The number of Topliss-reactive ketones (excluding diaryl/α,β-unsaturated/α-hetero) is 1. The lowest BCUT2D eigenvalue weighted by molar-refractivity contribution is -0.117. The standard InChI is InChI=1S/C12H14FNO/c1-9(14-6-5-12(15)8-14)10-3-2-4-11(13)7-10/h2-4,7,9H,5-6,8H2,1H3. The van der Waals surface area contributed by atoms with E-state index in [0.717, 1.165) is 12.1 Å². The van der Waals surface area contributed by atoms with Crippen molar-refractivity contribution in [3.8, 4) is 0 Å². The van der Waals surface area contributed by atoms with Gasteiger partial charge in [0.2, 0.25) is 0 Å². The fourth-order valence-corrected chi connectivity index (χ4v) is 1.96. The van der Waals surface area contributed by atoms with E-state index in [1.807, 2.05) is 13.0 Å². The lowest BCUT2D eigenvalue weighted by Crippen LogP contribution is -2.24. The first kappa shape index (κ1) is 10.3. The molecule has 1 aliphatic rings. The maximum Gasteiger partial charge on any atom is 0.148 e. The predicted octanol–water partition coefficient (Wildman–Crippen LogP) is 2.16. The average molecular weight is 207 g/mol. The minimum atomic E-state index is -0.218. The van der Waals surface area contributed by atoms with Crippen LogP contribution in [0.25, 0.3) is 0 Å². The minimum absolute atomic E-state index is 0.118. The molecule has 0 bridgehead atoms. The first-order valence-electron chi connectivity index (χ1n) is 5.18. The van der Waals surface area contributed by atoms with E-state index in [1.165, 1.54) is 12.1 Å². The third kappa shape index (κ3) is 2.23. The van der Waals surface area contributed by atoms with Crippen LogP contribution < -0.4 is 0 Å². The maximum absolute atomic E-state index is 13.0. The summed E-state index contributed by atoms with van der Waals surface area (Å²) in [7, 11) is 0. The van der Waals surface area contributed by atoms with Crippen molar-refractivity contribution in [3.63, 3.8) is 0 Å². The van der Waals surface area contributed by atoms with Crippen molar-refractivity contribution in [2.24, 2.45) is 0 Å². The quantitative estimate of drug-likeness (QED) is 0.740. The summed E-state index contributed by atoms with van der Waals surface area (Å²) in [5, 5.41) is 0. The van der Waals surface area contributed by atoms with Crippen LogP contribution in [0.15, 0.2) is 24.3 Å². The van der Waals surface area contributed by atoms with E-state index >= 15 is 0 Å². The van der Waals surface area contributed by atoms with Crippen molar-refractivity contribution in [2.45, 2.75) is 19.4 Å². The molecule has 1 atom stereocenters. The Morgan fingerprint density at radius 3 is 2.87 bits per heavy atom. The van der Waals surface area contributed by atoms with Crippen LogP contribution in [0.1, 0.15) is 24.9 Å². The normalized spacial score (nSPS) is 19.5. The largest absolute Gasteiger partial charge is 0.298 e. The Morgan fingerprint density at radius 1 is 1.47 bits per heavy atom.